The van der Waals surface area contributed by atoms with Crippen molar-refractivity contribution in [3.05, 3.63) is 69.3 Å². The molecule has 1 aromatic carbocycles. The molecule has 37 heavy (non-hydrogen) atoms. The Hall–Kier alpha value is -4.09. The number of esters is 1. The molecule has 3 aromatic rings. The highest BCUT2D eigenvalue weighted by atomic mass is 35.5. The minimum absolute atomic E-state index is 0.0133. The van der Waals surface area contributed by atoms with Crippen LogP contribution in [0.2, 0.25) is 0 Å². The molecule has 2 aliphatic heterocycles. The van der Waals surface area contributed by atoms with Gasteiger partial charge in [-0.05, 0) is 36.2 Å². The van der Waals surface area contributed by atoms with Crippen LogP contribution in [0, 0.1) is 5.82 Å². The zero-order chi connectivity index (χ0) is 26.6. The molecular formula is C25H19ClFN3O7. The molecule has 0 fully saturated rings. The molecule has 0 radical (unpaired) electrons. The second-order valence-corrected chi connectivity index (χ2v) is 9.05. The van der Waals surface area contributed by atoms with Crippen LogP contribution >= 0.6 is 11.6 Å². The van der Waals surface area contributed by atoms with Crippen molar-refractivity contribution >= 4 is 45.5 Å². The lowest BCUT2D eigenvalue weighted by atomic mass is 9.86. The summed E-state index contributed by atoms with van der Waals surface area (Å²) in [6.07, 6.45) is -1.00. The highest BCUT2D eigenvalue weighted by molar-refractivity contribution is 6.67. The summed E-state index contributed by atoms with van der Waals surface area (Å²) in [5.41, 5.74) is -0.615. The number of ether oxygens (including phenoxy) is 2. The zero-order valence-electron chi connectivity index (χ0n) is 19.4. The van der Waals surface area contributed by atoms with Gasteiger partial charge < -0.3 is 19.1 Å². The van der Waals surface area contributed by atoms with E-state index >= 15 is 0 Å². The van der Waals surface area contributed by atoms with Crippen LogP contribution in [0.1, 0.15) is 30.0 Å². The van der Waals surface area contributed by atoms with Gasteiger partial charge in [-0.15, -0.1) is 0 Å². The first-order valence-corrected chi connectivity index (χ1v) is 11.5. The second kappa shape index (κ2) is 8.79. The molecule has 2 N–H and O–H groups in total. The number of carbonyl (C=O) groups is 3. The third-order valence-corrected chi connectivity index (χ3v) is 6.76. The maximum Gasteiger partial charge on any atom is 0.412 e. The molecule has 0 unspecified atom stereocenters. The van der Waals surface area contributed by atoms with Crippen LogP contribution in [0.5, 0.6) is 0 Å². The summed E-state index contributed by atoms with van der Waals surface area (Å²) in [6.45, 7) is 4.43. The summed E-state index contributed by atoms with van der Waals surface area (Å²) < 4.78 is 26.1. The van der Waals surface area contributed by atoms with Crippen LogP contribution in [0.4, 0.5) is 14.9 Å². The molecule has 10 nitrogen and oxygen atoms in total. The SMILES string of the molecule is C=C(COC(=O)Nc1cc2cc3c(nc2cc1F)-c1cc2c(c(=O)n1C3)COC(=O)[C@]2(O)CC)C(=O)Cl. The molecular weight excluding hydrogens is 509 g/mol. The van der Waals surface area contributed by atoms with Crippen LogP contribution in [-0.4, -0.2) is 38.6 Å². The van der Waals surface area contributed by atoms with E-state index in [0.29, 0.717) is 22.3 Å². The molecule has 1 amide bonds. The summed E-state index contributed by atoms with van der Waals surface area (Å²) in [5, 5.41) is 12.8. The van der Waals surface area contributed by atoms with E-state index in [9.17, 15) is 28.7 Å². The molecule has 5 rings (SSSR count). The first kappa shape index (κ1) is 24.6. The molecule has 2 aliphatic rings. The number of hydrogen-bond donors (Lipinski definition) is 2. The predicted molar refractivity (Wildman–Crippen MR) is 129 cm³/mol. The van der Waals surface area contributed by atoms with Gasteiger partial charge in [0.1, 0.15) is 19.0 Å². The van der Waals surface area contributed by atoms with E-state index < -0.39 is 40.9 Å². The topological polar surface area (TPSA) is 137 Å². The smallest absolute Gasteiger partial charge is 0.412 e. The van der Waals surface area contributed by atoms with Gasteiger partial charge in [-0.25, -0.2) is 19.0 Å². The van der Waals surface area contributed by atoms with E-state index in [2.05, 4.69) is 16.9 Å². The maximum absolute atomic E-state index is 14.8. The fraction of sp³-hybridized carbons (Fsp3) is 0.240. The standard InChI is InChI=1S/C25H19ClFN3O7/c1-3-25(35)15-6-19-20-13(8-30(19)22(32)14(15)10-36-23(25)33)4-12-5-18(16(27)7-17(12)28-20)29-24(34)37-9-11(2)21(26)31/h4-7,35H,2-3,8-10H2,1H3,(H,29,34)/t25-/m0/s1. The number of nitrogens with zero attached hydrogens (tertiary/aromatic N) is 2. The molecule has 190 valence electrons. The quantitative estimate of drug-likeness (QED) is 0.229. The van der Waals surface area contributed by atoms with Crippen LogP contribution < -0.4 is 10.9 Å². The van der Waals surface area contributed by atoms with Crippen molar-refractivity contribution in [2.45, 2.75) is 32.1 Å². The number of fused-ring (bicyclic) bond motifs is 5. The highest BCUT2D eigenvalue weighted by Crippen LogP contribution is 2.39. The van der Waals surface area contributed by atoms with Gasteiger partial charge in [0.15, 0.2) is 5.60 Å². The first-order chi connectivity index (χ1) is 17.5. The van der Waals surface area contributed by atoms with Gasteiger partial charge in [0.05, 0.1) is 34.7 Å². The lowest BCUT2D eigenvalue weighted by Crippen LogP contribution is -2.44. The van der Waals surface area contributed by atoms with Crippen molar-refractivity contribution in [1.29, 1.82) is 0 Å². The average molecular weight is 528 g/mol. The number of amides is 1. The number of carbonyl (C=O) groups excluding carboxylic acids is 3. The normalized spacial score (nSPS) is 17.5. The van der Waals surface area contributed by atoms with Crippen LogP contribution in [-0.2, 0) is 37.8 Å². The van der Waals surface area contributed by atoms with Crippen molar-refractivity contribution < 1.29 is 33.4 Å². The van der Waals surface area contributed by atoms with Crippen molar-refractivity contribution in [3.8, 4) is 11.4 Å². The molecule has 0 aliphatic carbocycles. The van der Waals surface area contributed by atoms with Gasteiger partial charge in [0, 0.05) is 28.2 Å². The Morgan fingerprint density at radius 1 is 1.32 bits per heavy atom. The third kappa shape index (κ3) is 3.96. The summed E-state index contributed by atoms with van der Waals surface area (Å²) in [7, 11) is 0. The van der Waals surface area contributed by atoms with Gasteiger partial charge in [-0.2, -0.15) is 0 Å². The summed E-state index contributed by atoms with van der Waals surface area (Å²) in [4.78, 5) is 53.1. The Labute approximate surface area is 213 Å². The van der Waals surface area contributed by atoms with E-state index in [1.165, 1.54) is 10.6 Å². The molecule has 0 saturated heterocycles. The number of nitrogens with one attached hydrogen (secondary N) is 1. The van der Waals surface area contributed by atoms with Gasteiger partial charge in [0.2, 0.25) is 0 Å². The highest BCUT2D eigenvalue weighted by Gasteiger charge is 2.45. The Balaban J connectivity index is 1.52. The van der Waals surface area contributed by atoms with E-state index in [4.69, 9.17) is 21.1 Å². The fourth-order valence-corrected chi connectivity index (χ4v) is 4.51. The monoisotopic (exact) mass is 527 g/mol. The Kier molecular flexibility index (Phi) is 5.84. The molecule has 1 atom stereocenters. The number of aromatic nitrogens is 2. The van der Waals surface area contributed by atoms with Crippen molar-refractivity contribution in [1.82, 2.24) is 9.55 Å². The third-order valence-electron chi connectivity index (χ3n) is 6.49. The number of pyridine rings is 2. The molecule has 0 spiro atoms. The van der Waals surface area contributed by atoms with E-state index in [1.807, 2.05) is 0 Å². The average Bonchev–Trinajstić information content (AvgIpc) is 3.22. The Morgan fingerprint density at radius 2 is 2.08 bits per heavy atom. The van der Waals surface area contributed by atoms with Crippen molar-refractivity contribution in [3.63, 3.8) is 0 Å². The van der Waals surface area contributed by atoms with E-state index in [-0.39, 0.29) is 47.5 Å². The van der Waals surface area contributed by atoms with E-state index in [0.717, 1.165) is 6.07 Å². The molecule has 0 bridgehead atoms. The first-order valence-electron chi connectivity index (χ1n) is 11.1. The zero-order valence-corrected chi connectivity index (χ0v) is 20.1. The number of benzene rings is 1. The fourth-order valence-electron chi connectivity index (χ4n) is 4.46. The summed E-state index contributed by atoms with van der Waals surface area (Å²) in [6, 6.07) is 5.75. The van der Waals surface area contributed by atoms with Crippen molar-refractivity contribution in [2.24, 2.45) is 0 Å². The van der Waals surface area contributed by atoms with Crippen molar-refractivity contribution in [2.75, 3.05) is 11.9 Å². The number of cyclic esters (lactones) is 1. The number of aliphatic hydroxyl groups is 1. The van der Waals surface area contributed by atoms with Gasteiger partial charge >= 0.3 is 12.1 Å². The Bertz CT molecular complexity index is 1620. The largest absolute Gasteiger partial charge is 0.458 e. The van der Waals surface area contributed by atoms with Crippen LogP contribution in [0.3, 0.4) is 0 Å². The summed E-state index contributed by atoms with van der Waals surface area (Å²) in [5.74, 6) is -1.62. The lowest BCUT2D eigenvalue weighted by Gasteiger charge is -2.31. The molecule has 4 heterocycles. The molecule has 0 saturated carbocycles. The summed E-state index contributed by atoms with van der Waals surface area (Å²) >= 11 is 5.24. The van der Waals surface area contributed by atoms with Gasteiger partial charge in [-0.1, -0.05) is 13.5 Å². The number of anilines is 1. The molecule has 12 heteroatoms. The minimum Gasteiger partial charge on any atom is -0.458 e. The number of rotatable bonds is 5. The lowest BCUT2D eigenvalue weighted by molar-refractivity contribution is -0.172. The number of hydrogen-bond acceptors (Lipinski definition) is 8. The maximum atomic E-state index is 14.8. The minimum atomic E-state index is -1.95. The Morgan fingerprint density at radius 3 is 2.78 bits per heavy atom. The van der Waals surface area contributed by atoms with Gasteiger partial charge in [-0.3, -0.25) is 14.9 Å². The van der Waals surface area contributed by atoms with Crippen LogP contribution in [0.25, 0.3) is 22.3 Å². The predicted octanol–water partition coefficient (Wildman–Crippen LogP) is 3.09. The number of halogens is 2. The second-order valence-electron chi connectivity index (χ2n) is 8.70. The van der Waals surface area contributed by atoms with E-state index in [1.54, 1.807) is 19.1 Å². The van der Waals surface area contributed by atoms with Crippen LogP contribution in [0.15, 0.2) is 41.2 Å². The van der Waals surface area contributed by atoms with Gasteiger partial charge in [0.25, 0.3) is 10.8 Å². The molecule has 2 aromatic heterocycles.